The minimum Gasteiger partial charge on any atom is -0.389 e. The van der Waals surface area contributed by atoms with Gasteiger partial charge in [-0.15, -0.1) is 0 Å². The lowest BCUT2D eigenvalue weighted by Gasteiger charge is -2.33. The van der Waals surface area contributed by atoms with Crippen molar-refractivity contribution in [3.8, 4) is 0 Å². The van der Waals surface area contributed by atoms with E-state index in [9.17, 15) is 5.11 Å². The molecule has 1 atom stereocenters. The predicted octanol–water partition coefficient (Wildman–Crippen LogP) is 2.27. The van der Waals surface area contributed by atoms with Gasteiger partial charge in [0.05, 0.1) is 12.7 Å². The molecule has 1 aliphatic heterocycles. The lowest BCUT2D eigenvalue weighted by molar-refractivity contribution is 0.0173. The van der Waals surface area contributed by atoms with E-state index in [4.69, 9.17) is 4.74 Å². The fraction of sp³-hybridized carbons (Fsp3) is 0.647. The van der Waals surface area contributed by atoms with Gasteiger partial charge < -0.3 is 20.1 Å². The predicted molar refractivity (Wildman–Crippen MR) is 86.8 cm³/mol. The van der Waals surface area contributed by atoms with E-state index in [0.29, 0.717) is 19.3 Å². The number of nitrogens with one attached hydrogen (secondary N) is 1. The van der Waals surface area contributed by atoms with E-state index in [2.05, 4.69) is 41.4 Å². The molecule has 0 amide bonds. The number of aryl methyl sites for hydroxylation is 1. The number of nitrogens with zero attached hydrogens (tertiary/aromatic N) is 1. The van der Waals surface area contributed by atoms with Crippen LogP contribution in [0.1, 0.15) is 25.3 Å². The van der Waals surface area contributed by atoms with Crippen LogP contribution in [-0.4, -0.2) is 55.0 Å². The SMILES string of the molecule is CCOC[C@@H](O)CN1CCC(Nc2ccc(C)cc2)CC1. The molecule has 1 fully saturated rings. The third-order valence-corrected chi connectivity index (χ3v) is 3.99. The second-order valence-electron chi connectivity index (χ2n) is 5.90. The molecule has 2 rings (SSSR count). The zero-order valence-corrected chi connectivity index (χ0v) is 13.2. The fourth-order valence-electron chi connectivity index (χ4n) is 2.75. The van der Waals surface area contributed by atoms with E-state index in [1.807, 2.05) is 6.92 Å². The van der Waals surface area contributed by atoms with Crippen molar-refractivity contribution >= 4 is 5.69 Å². The van der Waals surface area contributed by atoms with Gasteiger partial charge in [0, 0.05) is 38.0 Å². The van der Waals surface area contributed by atoms with Crippen LogP contribution >= 0.6 is 0 Å². The summed E-state index contributed by atoms with van der Waals surface area (Å²) in [4.78, 5) is 2.33. The van der Waals surface area contributed by atoms with Gasteiger partial charge in [0.25, 0.3) is 0 Å². The molecule has 0 radical (unpaired) electrons. The molecule has 2 N–H and O–H groups in total. The first-order valence-corrected chi connectivity index (χ1v) is 7.98. The maximum atomic E-state index is 9.88. The minimum absolute atomic E-state index is 0.369. The first-order chi connectivity index (χ1) is 10.2. The van der Waals surface area contributed by atoms with Gasteiger partial charge >= 0.3 is 0 Å². The molecule has 0 spiro atoms. The highest BCUT2D eigenvalue weighted by Crippen LogP contribution is 2.17. The summed E-state index contributed by atoms with van der Waals surface area (Å²) in [5.74, 6) is 0. The number of hydrogen-bond donors (Lipinski definition) is 2. The Morgan fingerprint density at radius 1 is 1.29 bits per heavy atom. The maximum absolute atomic E-state index is 9.88. The molecule has 0 unspecified atom stereocenters. The van der Waals surface area contributed by atoms with Gasteiger partial charge in [-0.2, -0.15) is 0 Å². The van der Waals surface area contributed by atoms with Gasteiger partial charge in [-0.3, -0.25) is 0 Å². The van der Waals surface area contributed by atoms with E-state index in [0.717, 1.165) is 32.5 Å². The van der Waals surface area contributed by atoms with Crippen molar-refractivity contribution in [3.05, 3.63) is 29.8 Å². The Balaban J connectivity index is 1.69. The molecular weight excluding hydrogens is 264 g/mol. The van der Waals surface area contributed by atoms with E-state index in [1.165, 1.54) is 11.3 Å². The summed E-state index contributed by atoms with van der Waals surface area (Å²) >= 11 is 0. The topological polar surface area (TPSA) is 44.7 Å². The number of benzene rings is 1. The number of β-amino-alcohol motifs (C(OH)–C–C–N with tert-alkyl or cyclic N) is 1. The molecule has 1 aromatic rings. The molecule has 0 aliphatic carbocycles. The Bertz CT molecular complexity index is 400. The first-order valence-electron chi connectivity index (χ1n) is 7.98. The van der Waals surface area contributed by atoms with Gasteiger partial charge in [0.1, 0.15) is 0 Å². The number of piperidine rings is 1. The fourth-order valence-corrected chi connectivity index (χ4v) is 2.75. The monoisotopic (exact) mass is 292 g/mol. The van der Waals surface area contributed by atoms with Crippen LogP contribution in [0.4, 0.5) is 5.69 Å². The lowest BCUT2D eigenvalue weighted by Crippen LogP contribution is -2.43. The molecule has 1 aliphatic rings. The van der Waals surface area contributed by atoms with Crippen molar-refractivity contribution in [3.63, 3.8) is 0 Å². The molecule has 4 nitrogen and oxygen atoms in total. The lowest BCUT2D eigenvalue weighted by atomic mass is 10.0. The van der Waals surface area contributed by atoms with Gasteiger partial charge in [-0.05, 0) is 38.8 Å². The number of aliphatic hydroxyl groups excluding tert-OH is 1. The van der Waals surface area contributed by atoms with Gasteiger partial charge in [0.2, 0.25) is 0 Å². The van der Waals surface area contributed by atoms with Gasteiger partial charge in [-0.1, -0.05) is 17.7 Å². The van der Waals surface area contributed by atoms with Crippen molar-refractivity contribution in [2.24, 2.45) is 0 Å². The van der Waals surface area contributed by atoms with Crippen LogP contribution in [0.3, 0.4) is 0 Å². The number of hydrogen-bond acceptors (Lipinski definition) is 4. The Morgan fingerprint density at radius 3 is 2.57 bits per heavy atom. The van der Waals surface area contributed by atoms with Crippen molar-refractivity contribution in [2.75, 3.05) is 38.2 Å². The molecule has 21 heavy (non-hydrogen) atoms. The van der Waals surface area contributed by atoms with Crippen LogP contribution in [0.5, 0.6) is 0 Å². The number of likely N-dealkylation sites (tertiary alicyclic amines) is 1. The Morgan fingerprint density at radius 2 is 1.95 bits per heavy atom. The number of aliphatic hydroxyl groups is 1. The van der Waals surface area contributed by atoms with E-state index < -0.39 is 0 Å². The summed E-state index contributed by atoms with van der Waals surface area (Å²) < 4.78 is 5.26. The molecule has 118 valence electrons. The van der Waals surface area contributed by atoms with E-state index in [-0.39, 0.29) is 6.10 Å². The smallest absolute Gasteiger partial charge is 0.0900 e. The number of anilines is 1. The molecule has 1 heterocycles. The van der Waals surface area contributed by atoms with Crippen molar-refractivity contribution in [2.45, 2.75) is 38.8 Å². The molecule has 0 aromatic heterocycles. The van der Waals surface area contributed by atoms with Crippen molar-refractivity contribution in [1.29, 1.82) is 0 Å². The highest BCUT2D eigenvalue weighted by atomic mass is 16.5. The number of ether oxygens (including phenoxy) is 1. The Kier molecular flexibility index (Phi) is 6.49. The summed E-state index contributed by atoms with van der Waals surface area (Å²) in [6, 6.07) is 9.11. The summed E-state index contributed by atoms with van der Waals surface area (Å²) in [7, 11) is 0. The van der Waals surface area contributed by atoms with E-state index >= 15 is 0 Å². The quantitative estimate of drug-likeness (QED) is 0.809. The van der Waals surface area contributed by atoms with Crippen LogP contribution in [-0.2, 0) is 4.74 Å². The molecule has 1 saturated heterocycles. The molecule has 4 heteroatoms. The van der Waals surface area contributed by atoms with Crippen molar-refractivity contribution in [1.82, 2.24) is 4.90 Å². The average molecular weight is 292 g/mol. The zero-order chi connectivity index (χ0) is 15.1. The second kappa shape index (κ2) is 8.37. The van der Waals surface area contributed by atoms with Crippen LogP contribution in [0.15, 0.2) is 24.3 Å². The van der Waals surface area contributed by atoms with Gasteiger partial charge in [-0.25, -0.2) is 0 Å². The van der Waals surface area contributed by atoms with Crippen LogP contribution in [0.25, 0.3) is 0 Å². The van der Waals surface area contributed by atoms with Crippen molar-refractivity contribution < 1.29 is 9.84 Å². The molecule has 0 bridgehead atoms. The summed E-state index contributed by atoms with van der Waals surface area (Å²) in [5.41, 5.74) is 2.49. The normalized spacial score (nSPS) is 18.6. The average Bonchev–Trinajstić information content (AvgIpc) is 2.49. The highest BCUT2D eigenvalue weighted by Gasteiger charge is 2.20. The minimum atomic E-state index is -0.369. The summed E-state index contributed by atoms with van der Waals surface area (Å²) in [6.45, 7) is 7.96. The third-order valence-electron chi connectivity index (χ3n) is 3.99. The Hall–Kier alpha value is -1.10. The van der Waals surface area contributed by atoms with Gasteiger partial charge in [0.15, 0.2) is 0 Å². The summed E-state index contributed by atoms with van der Waals surface area (Å²) in [5, 5.41) is 13.5. The summed E-state index contributed by atoms with van der Waals surface area (Å²) in [6.07, 6.45) is 1.87. The Labute approximate surface area is 128 Å². The standard InChI is InChI=1S/C17H28N2O2/c1-3-21-13-17(20)12-19-10-8-16(9-11-19)18-15-6-4-14(2)5-7-15/h4-7,16-18,20H,3,8-13H2,1-2H3/t17-/m0/s1. The van der Waals surface area contributed by atoms with Crippen LogP contribution < -0.4 is 5.32 Å². The second-order valence-corrected chi connectivity index (χ2v) is 5.90. The zero-order valence-electron chi connectivity index (χ0n) is 13.2. The first kappa shape index (κ1) is 16.3. The molecule has 1 aromatic carbocycles. The van der Waals surface area contributed by atoms with Crippen LogP contribution in [0.2, 0.25) is 0 Å². The number of rotatable bonds is 7. The largest absolute Gasteiger partial charge is 0.389 e. The maximum Gasteiger partial charge on any atom is 0.0900 e. The van der Waals surface area contributed by atoms with E-state index in [1.54, 1.807) is 0 Å². The molecule has 0 saturated carbocycles. The molecular formula is C17H28N2O2. The highest BCUT2D eigenvalue weighted by molar-refractivity contribution is 5.45. The van der Waals surface area contributed by atoms with Crippen LogP contribution in [0, 0.1) is 6.92 Å². The third kappa shape index (κ3) is 5.65.